The lowest BCUT2D eigenvalue weighted by atomic mass is 9.55. The van der Waals surface area contributed by atoms with Gasteiger partial charge in [0, 0.05) is 28.8 Å². The zero-order valence-corrected chi connectivity index (χ0v) is 27.4. The molecule has 15 heteroatoms. The Morgan fingerprint density at radius 3 is 2.16 bits per heavy atom. The molecular formula is C34H39N5O10. The molecular weight excluding hydrogens is 638 g/mol. The summed E-state index contributed by atoms with van der Waals surface area (Å²) >= 11 is 0. The van der Waals surface area contributed by atoms with Crippen LogP contribution in [0.5, 0.6) is 5.75 Å². The third kappa shape index (κ3) is 5.58. The highest BCUT2D eigenvalue weighted by molar-refractivity contribution is 6.25. The van der Waals surface area contributed by atoms with Gasteiger partial charge in [0.25, 0.3) is 5.91 Å². The van der Waals surface area contributed by atoms with E-state index in [0.29, 0.717) is 11.4 Å². The minimum absolute atomic E-state index is 0.144. The minimum atomic E-state index is -3.03. The molecule has 0 aliphatic heterocycles. The molecule has 0 bridgehead atoms. The van der Waals surface area contributed by atoms with E-state index in [9.17, 15) is 49.5 Å². The standard InChI is InChI=1S/C34H39N5O10/c1-13(2)33(48)37-16-8-6-15(7-9-16)36-12-19(40)38-18-11-10-17-14(3)20-22(27(42)21(17)26(18)41)30(45)34(49)24(28(20)43)25(39(4)5)29(44)23(31(34)46)32(35)47/h6-11,13-14,20,24-25,28,36,41,43-45,49H,12H2,1-5H3,(H2,35,47)(H,37,48)(H,38,40)/t14?,20?,24?,25-,28?,34?/m0/s1. The average Bonchev–Trinajstić information content (AvgIpc) is 3.03. The van der Waals surface area contributed by atoms with Gasteiger partial charge in [-0.1, -0.05) is 26.8 Å². The number of anilines is 3. The fraction of sp³-hybridized carbons (Fsp3) is 0.382. The maximum absolute atomic E-state index is 14.0. The number of hydrogen-bond donors (Lipinski definition) is 9. The lowest BCUT2D eigenvalue weighted by Crippen LogP contribution is -2.68. The third-order valence-corrected chi connectivity index (χ3v) is 9.54. The first-order valence-electron chi connectivity index (χ1n) is 15.6. The number of primary amides is 1. The van der Waals surface area contributed by atoms with Crippen LogP contribution in [0.3, 0.4) is 0 Å². The van der Waals surface area contributed by atoms with Gasteiger partial charge in [-0.15, -0.1) is 0 Å². The van der Waals surface area contributed by atoms with Crippen molar-refractivity contribution in [3.63, 3.8) is 0 Å². The van der Waals surface area contributed by atoms with Crippen molar-refractivity contribution in [2.45, 2.75) is 44.4 Å². The summed E-state index contributed by atoms with van der Waals surface area (Å²) in [6.07, 6.45) is -1.72. The number of carbonyl (C=O) groups is 5. The first-order chi connectivity index (χ1) is 22.9. The van der Waals surface area contributed by atoms with Crippen molar-refractivity contribution in [1.29, 1.82) is 0 Å². The molecule has 0 saturated heterocycles. The van der Waals surface area contributed by atoms with Gasteiger partial charge in [0.1, 0.15) is 17.1 Å². The first kappa shape index (κ1) is 35.1. The van der Waals surface area contributed by atoms with Crippen molar-refractivity contribution >= 4 is 46.4 Å². The first-order valence-corrected chi connectivity index (χ1v) is 15.6. The van der Waals surface area contributed by atoms with E-state index < -0.39 is 87.3 Å². The Kier molecular flexibility index (Phi) is 9.05. The number of nitrogens with zero attached hydrogens (tertiary/aromatic N) is 1. The van der Waals surface area contributed by atoms with Gasteiger partial charge in [-0.2, -0.15) is 0 Å². The Labute approximate surface area is 281 Å². The number of carbonyl (C=O) groups excluding carboxylic acids is 5. The molecule has 49 heavy (non-hydrogen) atoms. The summed E-state index contributed by atoms with van der Waals surface area (Å²) in [7, 11) is 2.91. The Balaban J connectivity index is 1.44. The Bertz CT molecular complexity index is 1830. The van der Waals surface area contributed by atoms with Gasteiger partial charge in [-0.05, 0) is 55.9 Å². The van der Waals surface area contributed by atoms with Crippen LogP contribution in [0.4, 0.5) is 17.1 Å². The third-order valence-electron chi connectivity index (χ3n) is 9.54. The highest BCUT2D eigenvalue weighted by atomic mass is 16.4. The van der Waals surface area contributed by atoms with Gasteiger partial charge < -0.3 is 47.2 Å². The summed E-state index contributed by atoms with van der Waals surface area (Å²) < 4.78 is 0. The fourth-order valence-electron chi connectivity index (χ4n) is 7.06. The summed E-state index contributed by atoms with van der Waals surface area (Å²) in [5, 5.41) is 65.4. The maximum atomic E-state index is 14.0. The molecule has 3 aliphatic rings. The van der Waals surface area contributed by atoms with Crippen molar-refractivity contribution in [2.75, 3.05) is 36.6 Å². The molecule has 0 spiro atoms. The molecule has 2 aromatic rings. The summed E-state index contributed by atoms with van der Waals surface area (Å²) in [6.45, 7) is 4.90. The number of nitrogens with one attached hydrogen (secondary N) is 3. The summed E-state index contributed by atoms with van der Waals surface area (Å²) in [5.41, 5.74) is 1.71. The second-order valence-corrected chi connectivity index (χ2v) is 13.1. The molecule has 3 aliphatic carbocycles. The molecule has 0 heterocycles. The fourth-order valence-corrected chi connectivity index (χ4v) is 7.06. The van der Waals surface area contributed by atoms with Gasteiger partial charge in [0.2, 0.25) is 17.6 Å². The largest absolute Gasteiger partial charge is 0.510 e. The molecule has 6 atom stereocenters. The number of fused-ring (bicyclic) bond motifs is 3. The van der Waals surface area contributed by atoms with Crippen LogP contribution in [-0.4, -0.2) is 98.1 Å². The second-order valence-electron chi connectivity index (χ2n) is 13.1. The zero-order valence-electron chi connectivity index (χ0n) is 27.4. The molecule has 5 unspecified atom stereocenters. The number of aliphatic hydroxyl groups excluding tert-OH is 3. The lowest BCUT2D eigenvalue weighted by molar-refractivity contribution is -0.162. The van der Waals surface area contributed by atoms with Crippen LogP contribution in [-0.2, 0) is 19.2 Å². The predicted octanol–water partition coefficient (Wildman–Crippen LogP) is 1.30. The summed E-state index contributed by atoms with van der Waals surface area (Å²) in [5.74, 6) is -11.0. The van der Waals surface area contributed by atoms with Crippen molar-refractivity contribution in [2.24, 2.45) is 23.5 Å². The van der Waals surface area contributed by atoms with Gasteiger partial charge >= 0.3 is 0 Å². The molecule has 0 saturated carbocycles. The number of benzene rings is 2. The number of Topliss-reactive ketones (excluding diaryl/α,β-unsaturated/α-hetero) is 2. The van der Waals surface area contributed by atoms with E-state index in [1.54, 1.807) is 45.0 Å². The van der Waals surface area contributed by atoms with Crippen LogP contribution < -0.4 is 21.7 Å². The van der Waals surface area contributed by atoms with Crippen molar-refractivity contribution in [3.05, 3.63) is 70.2 Å². The van der Waals surface area contributed by atoms with E-state index in [4.69, 9.17) is 5.73 Å². The molecule has 3 amide bonds. The predicted molar refractivity (Wildman–Crippen MR) is 177 cm³/mol. The van der Waals surface area contributed by atoms with Gasteiger partial charge in [0.15, 0.2) is 17.1 Å². The molecule has 15 nitrogen and oxygen atoms in total. The summed E-state index contributed by atoms with van der Waals surface area (Å²) in [4.78, 5) is 65.9. The normalized spacial score (nSPS) is 26.3. The smallest absolute Gasteiger partial charge is 0.255 e. The highest BCUT2D eigenvalue weighted by Crippen LogP contribution is 2.56. The minimum Gasteiger partial charge on any atom is -0.510 e. The quantitative estimate of drug-likeness (QED) is 0.142. The number of phenols is 1. The van der Waals surface area contributed by atoms with Crippen LogP contribution in [0.25, 0.3) is 0 Å². The van der Waals surface area contributed by atoms with Crippen molar-refractivity contribution in [3.8, 4) is 5.75 Å². The van der Waals surface area contributed by atoms with E-state index in [1.165, 1.54) is 31.1 Å². The monoisotopic (exact) mass is 677 g/mol. The molecule has 2 aromatic carbocycles. The maximum Gasteiger partial charge on any atom is 0.255 e. The number of ketones is 2. The highest BCUT2D eigenvalue weighted by Gasteiger charge is 2.67. The Hall–Kier alpha value is -5.25. The number of aliphatic hydroxyl groups is 4. The average molecular weight is 678 g/mol. The molecule has 0 fully saturated rings. The van der Waals surface area contributed by atoms with Crippen LogP contribution >= 0.6 is 0 Å². The number of phenolic OH excluding ortho intramolecular Hbond substituents is 1. The molecule has 0 aromatic heterocycles. The number of aromatic hydroxyl groups is 1. The molecule has 10 N–H and O–H groups in total. The van der Waals surface area contributed by atoms with Crippen LogP contribution in [0.15, 0.2) is 59.1 Å². The van der Waals surface area contributed by atoms with Gasteiger partial charge in [0.05, 0.1) is 35.9 Å². The van der Waals surface area contributed by atoms with Crippen molar-refractivity contribution < 1.29 is 49.5 Å². The van der Waals surface area contributed by atoms with Crippen LogP contribution in [0.2, 0.25) is 0 Å². The van der Waals surface area contributed by atoms with Crippen LogP contribution in [0.1, 0.15) is 42.6 Å². The molecule has 260 valence electrons. The van der Waals surface area contributed by atoms with Crippen molar-refractivity contribution in [1.82, 2.24) is 4.90 Å². The molecule has 5 rings (SSSR count). The Morgan fingerprint density at radius 1 is 0.980 bits per heavy atom. The topological polar surface area (TPSA) is 252 Å². The van der Waals surface area contributed by atoms with E-state index in [2.05, 4.69) is 16.0 Å². The molecule has 0 radical (unpaired) electrons. The van der Waals surface area contributed by atoms with E-state index in [-0.39, 0.29) is 35.2 Å². The number of amides is 3. The van der Waals surface area contributed by atoms with E-state index in [0.717, 1.165) is 0 Å². The lowest BCUT2D eigenvalue weighted by Gasteiger charge is -2.53. The second kappa shape index (κ2) is 12.7. The number of hydrogen-bond acceptors (Lipinski definition) is 12. The SMILES string of the molecule is CC(C)C(=O)Nc1ccc(NCC(=O)Nc2ccc3c(c2O)C(=O)C2=C(O)C4(O)C(=O)C(C(N)=O)=C(O)[C@@H](N(C)C)C4C(O)C2C3C)cc1. The van der Waals surface area contributed by atoms with Gasteiger partial charge in [-0.25, -0.2) is 0 Å². The number of likely N-dealkylation sites (N-methyl/N-ethyl adjacent to an activating group) is 1. The summed E-state index contributed by atoms with van der Waals surface area (Å²) in [6, 6.07) is 8.14. The number of rotatable bonds is 8. The Morgan fingerprint density at radius 2 is 1.59 bits per heavy atom. The zero-order chi connectivity index (χ0) is 36.3. The number of nitrogens with two attached hydrogens (primary N) is 1. The van der Waals surface area contributed by atoms with Gasteiger partial charge in [-0.3, -0.25) is 28.9 Å². The van der Waals surface area contributed by atoms with E-state index >= 15 is 0 Å². The van der Waals surface area contributed by atoms with E-state index in [1.807, 2.05) is 0 Å². The van der Waals surface area contributed by atoms with Crippen LogP contribution in [0, 0.1) is 17.8 Å².